The largest absolute Gasteiger partial charge is 0.348 e. The first-order valence-corrected chi connectivity index (χ1v) is 12.6. The van der Waals surface area contributed by atoms with Gasteiger partial charge in [0, 0.05) is 25.5 Å². The second kappa shape index (κ2) is 11.4. The summed E-state index contributed by atoms with van der Waals surface area (Å²) in [6, 6.07) is 13.6. The van der Waals surface area contributed by atoms with Crippen molar-refractivity contribution >= 4 is 29.5 Å². The maximum absolute atomic E-state index is 13.0. The lowest BCUT2D eigenvalue weighted by molar-refractivity contribution is -0.137. The van der Waals surface area contributed by atoms with Crippen LogP contribution in [0.1, 0.15) is 72.6 Å². The van der Waals surface area contributed by atoms with Crippen molar-refractivity contribution in [1.29, 1.82) is 0 Å². The van der Waals surface area contributed by atoms with E-state index < -0.39 is 18.0 Å². The topological polar surface area (TPSA) is 125 Å². The molecule has 2 aliphatic rings. The van der Waals surface area contributed by atoms with Crippen LogP contribution in [0.2, 0.25) is 0 Å². The molecule has 1 unspecified atom stereocenters. The van der Waals surface area contributed by atoms with Crippen LogP contribution in [0.4, 0.5) is 0 Å². The number of aryl methyl sites for hydroxylation is 1. The number of rotatable bonds is 9. The minimum Gasteiger partial charge on any atom is -0.348 e. The van der Waals surface area contributed by atoms with E-state index in [1.54, 1.807) is 6.07 Å². The van der Waals surface area contributed by atoms with Crippen LogP contribution in [0.5, 0.6) is 0 Å². The van der Waals surface area contributed by atoms with Crippen LogP contribution in [-0.2, 0) is 32.1 Å². The molecule has 3 N–H and O–H groups in total. The molecule has 4 rings (SSSR count). The normalized spacial score (nSPS) is 18.6. The standard InChI is InChI=1S/C28H32N4O5/c1-17(19-8-4-3-5-9-19)29-26(35)23(30-18(2)33)13-7-11-20-10-6-12-21-22(20)16-32(28(21)37)24-14-15-25(34)31-27(24)36/h3-6,8-10,12,17,23-24H,7,11,13-16H2,1-2H3,(H,29,35)(H,30,33)(H,31,34,36)/t17-,23+,24?/m1/s1. The van der Waals surface area contributed by atoms with Crippen LogP contribution in [0, 0.1) is 0 Å². The smallest absolute Gasteiger partial charge is 0.255 e. The molecule has 194 valence electrons. The minimum atomic E-state index is -0.679. The summed E-state index contributed by atoms with van der Waals surface area (Å²) in [5, 5.41) is 8.06. The molecule has 2 heterocycles. The second-order valence-corrected chi connectivity index (χ2v) is 9.63. The lowest BCUT2D eigenvalue weighted by atomic mass is 9.97. The summed E-state index contributed by atoms with van der Waals surface area (Å²) in [6.45, 7) is 3.59. The Kier molecular flexibility index (Phi) is 8.01. The van der Waals surface area contributed by atoms with E-state index in [-0.39, 0.29) is 36.1 Å². The first kappa shape index (κ1) is 26.1. The Bertz CT molecular complexity index is 1210. The highest BCUT2D eigenvalue weighted by Gasteiger charge is 2.39. The third-order valence-electron chi connectivity index (χ3n) is 6.97. The minimum absolute atomic E-state index is 0.202. The fraction of sp³-hybridized carbons (Fsp3) is 0.393. The molecular formula is C28H32N4O5. The molecule has 3 atom stereocenters. The van der Waals surface area contributed by atoms with Crippen molar-refractivity contribution in [3.05, 3.63) is 70.8 Å². The fourth-order valence-corrected chi connectivity index (χ4v) is 5.03. The van der Waals surface area contributed by atoms with Gasteiger partial charge in [0.1, 0.15) is 12.1 Å². The molecule has 0 aliphatic carbocycles. The highest BCUT2D eigenvalue weighted by atomic mass is 16.2. The van der Waals surface area contributed by atoms with Gasteiger partial charge in [-0.2, -0.15) is 0 Å². The van der Waals surface area contributed by atoms with E-state index in [4.69, 9.17) is 0 Å². The van der Waals surface area contributed by atoms with Crippen LogP contribution >= 0.6 is 0 Å². The number of fused-ring (bicyclic) bond motifs is 1. The number of carbonyl (C=O) groups is 5. The summed E-state index contributed by atoms with van der Waals surface area (Å²) >= 11 is 0. The van der Waals surface area contributed by atoms with Gasteiger partial charge in [-0.05, 0) is 55.4 Å². The maximum atomic E-state index is 13.0. The highest BCUT2D eigenvalue weighted by Crippen LogP contribution is 2.30. The SMILES string of the molecule is CC(=O)N[C@@H](CCCc1cccc2c1CN(C1CCC(=O)NC1=O)C2=O)C(=O)N[C@H](C)c1ccccc1. The molecule has 0 saturated carbocycles. The van der Waals surface area contributed by atoms with Crippen molar-refractivity contribution in [2.24, 2.45) is 0 Å². The molecule has 1 saturated heterocycles. The number of carbonyl (C=O) groups excluding carboxylic acids is 5. The molecule has 2 aliphatic heterocycles. The molecule has 2 aromatic rings. The van der Waals surface area contributed by atoms with Gasteiger partial charge >= 0.3 is 0 Å². The number of piperidine rings is 1. The first-order chi connectivity index (χ1) is 17.7. The van der Waals surface area contributed by atoms with Crippen molar-refractivity contribution in [3.8, 4) is 0 Å². The maximum Gasteiger partial charge on any atom is 0.255 e. The Balaban J connectivity index is 1.39. The zero-order chi connectivity index (χ0) is 26.5. The molecule has 0 radical (unpaired) electrons. The monoisotopic (exact) mass is 504 g/mol. The van der Waals surface area contributed by atoms with Gasteiger partial charge in [0.05, 0.1) is 6.04 Å². The Morgan fingerprint density at radius 1 is 1.05 bits per heavy atom. The lowest BCUT2D eigenvalue weighted by Crippen LogP contribution is -2.52. The van der Waals surface area contributed by atoms with Gasteiger partial charge in [-0.1, -0.05) is 42.5 Å². The number of hydrogen-bond acceptors (Lipinski definition) is 5. The van der Waals surface area contributed by atoms with Crippen molar-refractivity contribution in [2.75, 3.05) is 0 Å². The fourth-order valence-electron chi connectivity index (χ4n) is 5.03. The Morgan fingerprint density at radius 3 is 2.51 bits per heavy atom. The van der Waals surface area contributed by atoms with Crippen LogP contribution < -0.4 is 16.0 Å². The number of nitrogens with one attached hydrogen (secondary N) is 3. The van der Waals surface area contributed by atoms with E-state index in [2.05, 4.69) is 16.0 Å². The Morgan fingerprint density at radius 2 is 1.81 bits per heavy atom. The van der Waals surface area contributed by atoms with Crippen molar-refractivity contribution in [3.63, 3.8) is 0 Å². The Hall–Kier alpha value is -4.01. The van der Waals surface area contributed by atoms with E-state index in [1.165, 1.54) is 11.8 Å². The summed E-state index contributed by atoms with van der Waals surface area (Å²) in [4.78, 5) is 63.2. The summed E-state index contributed by atoms with van der Waals surface area (Å²) in [5.74, 6) is -1.49. The number of hydrogen-bond donors (Lipinski definition) is 3. The number of imide groups is 1. The van der Waals surface area contributed by atoms with Gasteiger partial charge in [0.2, 0.25) is 23.6 Å². The quantitative estimate of drug-likeness (QED) is 0.452. The molecule has 9 nitrogen and oxygen atoms in total. The number of nitrogens with zero attached hydrogens (tertiary/aromatic N) is 1. The number of amides is 5. The van der Waals surface area contributed by atoms with Gasteiger partial charge in [-0.25, -0.2) is 0 Å². The van der Waals surface area contributed by atoms with Gasteiger partial charge in [0.15, 0.2) is 0 Å². The van der Waals surface area contributed by atoms with Crippen molar-refractivity contribution < 1.29 is 24.0 Å². The summed E-state index contributed by atoms with van der Waals surface area (Å²) in [6.07, 6.45) is 2.17. The molecule has 0 bridgehead atoms. The van der Waals surface area contributed by atoms with E-state index >= 15 is 0 Å². The first-order valence-electron chi connectivity index (χ1n) is 12.6. The summed E-state index contributed by atoms with van der Waals surface area (Å²) < 4.78 is 0. The molecular weight excluding hydrogens is 472 g/mol. The second-order valence-electron chi connectivity index (χ2n) is 9.63. The molecule has 2 aromatic carbocycles. The summed E-state index contributed by atoms with van der Waals surface area (Å²) in [7, 11) is 0. The summed E-state index contributed by atoms with van der Waals surface area (Å²) in [5.41, 5.74) is 3.38. The van der Waals surface area contributed by atoms with Crippen LogP contribution in [0.25, 0.3) is 0 Å². The third-order valence-corrected chi connectivity index (χ3v) is 6.97. The van der Waals surface area contributed by atoms with Crippen LogP contribution in [0.3, 0.4) is 0 Å². The molecule has 5 amide bonds. The molecule has 37 heavy (non-hydrogen) atoms. The third kappa shape index (κ3) is 6.04. The van der Waals surface area contributed by atoms with Crippen molar-refractivity contribution in [1.82, 2.24) is 20.9 Å². The number of benzene rings is 2. The van der Waals surface area contributed by atoms with Crippen LogP contribution in [0.15, 0.2) is 48.5 Å². The van der Waals surface area contributed by atoms with Gasteiger partial charge in [-0.3, -0.25) is 29.3 Å². The van der Waals surface area contributed by atoms with Gasteiger partial charge in [-0.15, -0.1) is 0 Å². The van der Waals surface area contributed by atoms with Gasteiger partial charge in [0.25, 0.3) is 5.91 Å². The zero-order valence-electron chi connectivity index (χ0n) is 21.1. The predicted molar refractivity (Wildman–Crippen MR) is 136 cm³/mol. The highest BCUT2D eigenvalue weighted by molar-refractivity contribution is 6.05. The average molecular weight is 505 g/mol. The zero-order valence-corrected chi connectivity index (χ0v) is 21.1. The van der Waals surface area contributed by atoms with E-state index in [9.17, 15) is 24.0 Å². The van der Waals surface area contributed by atoms with Crippen molar-refractivity contribution in [2.45, 2.75) is 70.6 Å². The lowest BCUT2D eigenvalue weighted by Gasteiger charge is -2.29. The molecule has 0 spiro atoms. The molecule has 9 heteroatoms. The van der Waals surface area contributed by atoms with E-state index in [1.807, 2.05) is 49.4 Å². The average Bonchev–Trinajstić information content (AvgIpc) is 3.20. The Labute approximate surface area is 216 Å². The predicted octanol–water partition coefficient (Wildman–Crippen LogP) is 2.15. The van der Waals surface area contributed by atoms with E-state index in [0.717, 1.165) is 16.7 Å². The van der Waals surface area contributed by atoms with Gasteiger partial charge < -0.3 is 15.5 Å². The van der Waals surface area contributed by atoms with Crippen LogP contribution in [-0.4, -0.2) is 46.5 Å². The van der Waals surface area contributed by atoms with E-state index in [0.29, 0.717) is 37.8 Å². The molecule has 0 aromatic heterocycles. The molecule has 1 fully saturated rings.